The number of oxazole rings is 1. The normalized spacial score (nSPS) is 10.5. The zero-order valence-corrected chi connectivity index (χ0v) is 7.15. The van der Waals surface area contributed by atoms with Crippen molar-refractivity contribution in [3.63, 3.8) is 0 Å². The SMILES string of the molecule is CCOc1cc2ocnc2cc1O. The predicted octanol–water partition coefficient (Wildman–Crippen LogP) is 1.93. The van der Waals surface area contributed by atoms with E-state index < -0.39 is 0 Å². The number of aromatic nitrogens is 1. The molecular formula is C9H9NO3. The Morgan fingerprint density at radius 2 is 2.38 bits per heavy atom. The van der Waals surface area contributed by atoms with E-state index in [0.717, 1.165) is 0 Å². The second-order valence-corrected chi connectivity index (χ2v) is 2.57. The van der Waals surface area contributed by atoms with E-state index in [0.29, 0.717) is 23.5 Å². The van der Waals surface area contributed by atoms with Gasteiger partial charge in [-0.15, -0.1) is 0 Å². The molecule has 0 radical (unpaired) electrons. The lowest BCUT2D eigenvalue weighted by Crippen LogP contribution is -1.91. The number of aromatic hydroxyl groups is 1. The van der Waals surface area contributed by atoms with Crippen LogP contribution in [0.3, 0.4) is 0 Å². The zero-order valence-electron chi connectivity index (χ0n) is 7.15. The number of hydrogen-bond acceptors (Lipinski definition) is 4. The third kappa shape index (κ3) is 1.30. The molecule has 0 atom stereocenters. The van der Waals surface area contributed by atoms with Gasteiger partial charge in [0.25, 0.3) is 0 Å². The minimum absolute atomic E-state index is 0.0863. The highest BCUT2D eigenvalue weighted by Gasteiger charge is 2.06. The Kier molecular flexibility index (Phi) is 1.81. The summed E-state index contributed by atoms with van der Waals surface area (Å²) in [6.45, 7) is 2.36. The summed E-state index contributed by atoms with van der Waals surface area (Å²) in [6, 6.07) is 3.14. The largest absolute Gasteiger partial charge is 0.504 e. The molecule has 0 aliphatic carbocycles. The van der Waals surface area contributed by atoms with Crippen LogP contribution < -0.4 is 4.74 Å². The number of ether oxygens (including phenoxy) is 1. The van der Waals surface area contributed by atoms with Crippen molar-refractivity contribution >= 4 is 11.1 Å². The zero-order chi connectivity index (χ0) is 9.26. The van der Waals surface area contributed by atoms with Crippen molar-refractivity contribution in [1.29, 1.82) is 0 Å². The second-order valence-electron chi connectivity index (χ2n) is 2.57. The molecule has 0 fully saturated rings. The first-order valence-corrected chi connectivity index (χ1v) is 4.00. The fourth-order valence-corrected chi connectivity index (χ4v) is 1.15. The summed E-state index contributed by atoms with van der Waals surface area (Å²) in [4.78, 5) is 3.90. The maximum absolute atomic E-state index is 9.45. The summed E-state index contributed by atoms with van der Waals surface area (Å²) in [7, 11) is 0. The van der Waals surface area contributed by atoms with E-state index in [1.165, 1.54) is 12.5 Å². The summed E-state index contributed by atoms with van der Waals surface area (Å²) in [5, 5.41) is 9.45. The lowest BCUT2D eigenvalue weighted by Gasteiger charge is -2.03. The standard InChI is InChI=1S/C9H9NO3/c1-2-12-9-4-8-6(3-7(9)11)10-5-13-8/h3-5,11H,2H2,1H3. The monoisotopic (exact) mass is 179 g/mol. The van der Waals surface area contributed by atoms with Gasteiger partial charge in [-0.05, 0) is 6.92 Å². The van der Waals surface area contributed by atoms with Crippen LogP contribution in [0.15, 0.2) is 22.9 Å². The Balaban J connectivity index is 2.56. The molecule has 4 nitrogen and oxygen atoms in total. The van der Waals surface area contributed by atoms with Crippen LogP contribution in [0.2, 0.25) is 0 Å². The molecule has 0 aliphatic rings. The number of phenols is 1. The van der Waals surface area contributed by atoms with Crippen molar-refractivity contribution < 1.29 is 14.3 Å². The number of fused-ring (bicyclic) bond motifs is 1. The van der Waals surface area contributed by atoms with Gasteiger partial charge in [0.05, 0.1) is 6.61 Å². The first-order valence-electron chi connectivity index (χ1n) is 4.00. The second kappa shape index (κ2) is 2.97. The Hall–Kier alpha value is -1.71. The van der Waals surface area contributed by atoms with E-state index in [-0.39, 0.29) is 5.75 Å². The van der Waals surface area contributed by atoms with Crippen molar-refractivity contribution in [3.05, 3.63) is 18.5 Å². The fraction of sp³-hybridized carbons (Fsp3) is 0.222. The molecule has 0 saturated carbocycles. The Labute approximate surface area is 74.8 Å². The number of hydrogen-bond donors (Lipinski definition) is 1. The molecule has 2 rings (SSSR count). The first kappa shape index (κ1) is 7.91. The maximum Gasteiger partial charge on any atom is 0.181 e. The molecular weight excluding hydrogens is 170 g/mol. The minimum atomic E-state index is 0.0863. The van der Waals surface area contributed by atoms with Crippen LogP contribution in [-0.2, 0) is 0 Å². The van der Waals surface area contributed by atoms with Crippen LogP contribution in [0.4, 0.5) is 0 Å². The van der Waals surface area contributed by atoms with Gasteiger partial charge in [-0.1, -0.05) is 0 Å². The van der Waals surface area contributed by atoms with Gasteiger partial charge in [-0.2, -0.15) is 0 Å². The number of benzene rings is 1. The third-order valence-corrected chi connectivity index (χ3v) is 1.71. The van der Waals surface area contributed by atoms with Gasteiger partial charge in [0, 0.05) is 12.1 Å². The van der Waals surface area contributed by atoms with Crippen molar-refractivity contribution in [2.24, 2.45) is 0 Å². The number of phenolic OH excluding ortho intramolecular Hbond substituents is 1. The van der Waals surface area contributed by atoms with Crippen LogP contribution in [0.25, 0.3) is 11.1 Å². The molecule has 13 heavy (non-hydrogen) atoms. The van der Waals surface area contributed by atoms with E-state index in [1.807, 2.05) is 6.92 Å². The molecule has 0 unspecified atom stereocenters. The Morgan fingerprint density at radius 1 is 1.54 bits per heavy atom. The van der Waals surface area contributed by atoms with Crippen molar-refractivity contribution in [3.8, 4) is 11.5 Å². The highest BCUT2D eigenvalue weighted by atomic mass is 16.5. The average Bonchev–Trinajstić information content (AvgIpc) is 2.52. The van der Waals surface area contributed by atoms with Gasteiger partial charge < -0.3 is 14.3 Å². The minimum Gasteiger partial charge on any atom is -0.504 e. The van der Waals surface area contributed by atoms with Gasteiger partial charge in [0.1, 0.15) is 5.52 Å². The van der Waals surface area contributed by atoms with Gasteiger partial charge in [0.15, 0.2) is 23.5 Å². The van der Waals surface area contributed by atoms with Crippen LogP contribution in [0.5, 0.6) is 11.5 Å². The molecule has 0 amide bonds. The molecule has 0 saturated heterocycles. The highest BCUT2D eigenvalue weighted by molar-refractivity contribution is 5.76. The number of rotatable bonds is 2. The first-order chi connectivity index (χ1) is 6.31. The molecule has 0 aliphatic heterocycles. The van der Waals surface area contributed by atoms with E-state index in [4.69, 9.17) is 9.15 Å². The van der Waals surface area contributed by atoms with Gasteiger partial charge in [-0.25, -0.2) is 4.98 Å². The van der Waals surface area contributed by atoms with E-state index in [9.17, 15) is 5.11 Å². The quantitative estimate of drug-likeness (QED) is 0.765. The molecule has 1 N–H and O–H groups in total. The lowest BCUT2D eigenvalue weighted by molar-refractivity contribution is 0.318. The van der Waals surface area contributed by atoms with Crippen LogP contribution in [-0.4, -0.2) is 16.7 Å². The van der Waals surface area contributed by atoms with Crippen LogP contribution >= 0.6 is 0 Å². The average molecular weight is 179 g/mol. The molecule has 68 valence electrons. The van der Waals surface area contributed by atoms with Gasteiger partial charge in [0.2, 0.25) is 0 Å². The summed E-state index contributed by atoms with van der Waals surface area (Å²) in [6.07, 6.45) is 1.33. The highest BCUT2D eigenvalue weighted by Crippen LogP contribution is 2.30. The number of nitrogens with zero attached hydrogens (tertiary/aromatic N) is 1. The lowest BCUT2D eigenvalue weighted by atomic mass is 10.3. The van der Waals surface area contributed by atoms with Crippen molar-refractivity contribution in [2.45, 2.75) is 6.92 Å². The summed E-state index contributed by atoms with van der Waals surface area (Å²) >= 11 is 0. The molecule has 0 spiro atoms. The fourth-order valence-electron chi connectivity index (χ4n) is 1.15. The Morgan fingerprint density at radius 3 is 3.15 bits per heavy atom. The third-order valence-electron chi connectivity index (χ3n) is 1.71. The van der Waals surface area contributed by atoms with Gasteiger partial charge >= 0.3 is 0 Å². The van der Waals surface area contributed by atoms with Crippen molar-refractivity contribution in [2.75, 3.05) is 6.61 Å². The predicted molar refractivity (Wildman–Crippen MR) is 46.8 cm³/mol. The summed E-state index contributed by atoms with van der Waals surface area (Å²) < 4.78 is 10.2. The molecule has 1 aromatic heterocycles. The van der Waals surface area contributed by atoms with E-state index in [1.54, 1.807) is 6.07 Å². The molecule has 2 aromatic rings. The van der Waals surface area contributed by atoms with E-state index in [2.05, 4.69) is 4.98 Å². The van der Waals surface area contributed by atoms with Gasteiger partial charge in [-0.3, -0.25) is 0 Å². The molecule has 1 heterocycles. The summed E-state index contributed by atoms with van der Waals surface area (Å²) in [5.41, 5.74) is 1.24. The smallest absolute Gasteiger partial charge is 0.181 e. The topological polar surface area (TPSA) is 55.5 Å². The molecule has 4 heteroatoms. The van der Waals surface area contributed by atoms with E-state index >= 15 is 0 Å². The van der Waals surface area contributed by atoms with Crippen LogP contribution in [0, 0.1) is 0 Å². The molecule has 0 bridgehead atoms. The Bertz CT molecular complexity index is 422. The van der Waals surface area contributed by atoms with Crippen LogP contribution in [0.1, 0.15) is 6.92 Å². The summed E-state index contributed by atoms with van der Waals surface area (Å²) in [5.74, 6) is 0.509. The molecule has 1 aromatic carbocycles. The van der Waals surface area contributed by atoms with Crippen molar-refractivity contribution in [1.82, 2.24) is 4.98 Å². The maximum atomic E-state index is 9.45.